The van der Waals surface area contributed by atoms with E-state index in [4.69, 9.17) is 23.7 Å². The van der Waals surface area contributed by atoms with Gasteiger partial charge in [-0.15, -0.1) is 0 Å². The maximum atomic E-state index is 12.8. The number of hydrogen-bond acceptors (Lipinski definition) is 14. The topological polar surface area (TPSA) is 242 Å². The number of benzene rings is 2. The van der Waals surface area contributed by atoms with Crippen LogP contribution >= 0.6 is 0 Å². The molecule has 0 radical (unpaired) electrons. The van der Waals surface area contributed by atoms with E-state index < -0.39 is 85.5 Å². The van der Waals surface area contributed by atoms with Crippen LogP contribution in [-0.2, 0) is 19.0 Å². The van der Waals surface area contributed by atoms with Gasteiger partial charge >= 0.3 is 5.97 Å². The number of ether oxygens (including phenoxy) is 5. The fourth-order valence-corrected chi connectivity index (χ4v) is 4.84. The Morgan fingerprint density at radius 3 is 2.39 bits per heavy atom. The van der Waals surface area contributed by atoms with E-state index in [1.165, 1.54) is 18.2 Å². The molecule has 0 aromatic heterocycles. The summed E-state index contributed by atoms with van der Waals surface area (Å²) in [6, 6.07) is 8.22. The predicted octanol–water partition coefficient (Wildman–Crippen LogP) is -1.46. The molecule has 3 aliphatic heterocycles. The number of aromatic hydroxyl groups is 2. The number of carboxylic acid groups (broad SMARTS) is 1. The Morgan fingerprint density at radius 2 is 1.76 bits per heavy atom. The lowest BCUT2D eigenvalue weighted by Crippen LogP contribution is -2.63. The number of phenolic OH excluding ortho intramolecular Hbond substituents is 2. The lowest BCUT2D eigenvalue weighted by molar-refractivity contribution is -0.306. The molecule has 0 spiro atoms. The van der Waals surface area contributed by atoms with Crippen molar-refractivity contribution in [3.63, 3.8) is 0 Å². The number of aliphatic hydroxyl groups is 5. The molecule has 15 heteroatoms. The number of aliphatic hydroxyl groups excluding tert-OH is 4. The lowest BCUT2D eigenvalue weighted by Gasteiger charge is -2.41. The van der Waals surface area contributed by atoms with Crippen LogP contribution in [0.4, 0.5) is 0 Å². The maximum absolute atomic E-state index is 12.8. The molecule has 0 amide bonds. The van der Waals surface area contributed by atoms with Crippen LogP contribution in [0, 0.1) is 0 Å². The van der Waals surface area contributed by atoms with Crippen molar-refractivity contribution in [2.75, 3.05) is 13.2 Å². The number of Topliss-reactive ketones (excluding diaryl/α,β-unsaturated/α-hetero) is 1. The second kappa shape index (κ2) is 11.0. The zero-order valence-corrected chi connectivity index (χ0v) is 21.1. The highest BCUT2D eigenvalue weighted by Gasteiger charge is 2.55. The first kappa shape index (κ1) is 29.0. The van der Waals surface area contributed by atoms with Crippen LogP contribution < -0.4 is 9.47 Å². The second-order valence-electron chi connectivity index (χ2n) is 9.99. The Morgan fingerprint density at radius 1 is 1.05 bits per heavy atom. The summed E-state index contributed by atoms with van der Waals surface area (Å²) in [7, 11) is 0. The van der Waals surface area contributed by atoms with Gasteiger partial charge in [0.05, 0.1) is 19.6 Å². The predicted molar refractivity (Wildman–Crippen MR) is 130 cm³/mol. The molecule has 41 heavy (non-hydrogen) atoms. The Hall–Kier alpha value is -3.54. The number of hydrogen-bond donors (Lipinski definition) is 8. The Kier molecular flexibility index (Phi) is 7.80. The van der Waals surface area contributed by atoms with Crippen molar-refractivity contribution in [1.29, 1.82) is 0 Å². The molecule has 5 rings (SSSR count). The average Bonchev–Trinajstić information content (AvgIpc) is 3.21. The van der Waals surface area contributed by atoms with E-state index in [1.807, 2.05) is 0 Å². The standard InChI is InChI=1S/C26H28O15/c27-8-26(36)9-37-25(22(26)33)40-20-18(31)19(32)24(41-21(20)23(34)35)38-12-5-13(29)17-14(30)7-15(39-16(17)6-12)10-1-3-11(28)4-2-10/h1-6,15,18-22,24-25,27-29,31-33,36H,7-9H2,(H,34,35)/t15-,18+,19+,20-,21-,22-,24+,25-,26+/m0/s1. The van der Waals surface area contributed by atoms with Gasteiger partial charge in [0.15, 0.2) is 18.2 Å². The third kappa shape index (κ3) is 5.41. The van der Waals surface area contributed by atoms with Crippen molar-refractivity contribution >= 4 is 11.8 Å². The van der Waals surface area contributed by atoms with E-state index in [1.54, 1.807) is 12.1 Å². The molecule has 2 fully saturated rings. The van der Waals surface area contributed by atoms with Crippen molar-refractivity contribution in [1.82, 2.24) is 0 Å². The lowest BCUT2D eigenvalue weighted by atomic mass is 9.95. The van der Waals surface area contributed by atoms with Gasteiger partial charge in [-0.3, -0.25) is 4.79 Å². The van der Waals surface area contributed by atoms with Gasteiger partial charge in [-0.2, -0.15) is 0 Å². The third-order valence-corrected chi connectivity index (χ3v) is 7.15. The van der Waals surface area contributed by atoms with Gasteiger partial charge in [0.25, 0.3) is 0 Å². The average molecular weight is 580 g/mol. The van der Waals surface area contributed by atoms with Crippen molar-refractivity contribution in [2.24, 2.45) is 0 Å². The minimum Gasteiger partial charge on any atom is -0.508 e. The van der Waals surface area contributed by atoms with Gasteiger partial charge in [0.1, 0.15) is 64.7 Å². The SMILES string of the molecule is O=C1C[C@@H](c2ccc(O)cc2)Oc2cc(O[C@@H]3O[C@H](C(=O)O)[C@@H](O[C@@H]4OC[C@](O)(CO)[C@H]4O)[C@H](O)[C@H]3O)cc(O)c21. The van der Waals surface area contributed by atoms with Crippen LogP contribution in [0.25, 0.3) is 0 Å². The number of fused-ring (bicyclic) bond motifs is 1. The number of aliphatic carboxylic acids is 1. The number of carbonyl (C=O) groups is 2. The van der Waals surface area contributed by atoms with Crippen LogP contribution in [-0.4, -0.2) is 115 Å². The summed E-state index contributed by atoms with van der Waals surface area (Å²) in [5, 5.41) is 80.8. The molecule has 2 aromatic carbocycles. The van der Waals surface area contributed by atoms with Crippen molar-refractivity contribution in [2.45, 2.75) is 61.2 Å². The first-order valence-electron chi connectivity index (χ1n) is 12.5. The molecule has 3 aliphatic rings. The van der Waals surface area contributed by atoms with Gasteiger partial charge < -0.3 is 64.5 Å². The minimum absolute atomic E-state index is 0.0174. The van der Waals surface area contributed by atoms with E-state index in [-0.39, 0.29) is 29.2 Å². The quantitative estimate of drug-likeness (QED) is 0.187. The largest absolute Gasteiger partial charge is 0.508 e. The maximum Gasteiger partial charge on any atom is 0.335 e. The molecule has 2 aromatic rings. The first-order valence-corrected chi connectivity index (χ1v) is 12.5. The Balaban J connectivity index is 1.34. The van der Waals surface area contributed by atoms with Crippen molar-refractivity contribution in [3.8, 4) is 23.0 Å². The third-order valence-electron chi connectivity index (χ3n) is 7.15. The smallest absolute Gasteiger partial charge is 0.335 e. The molecule has 222 valence electrons. The first-order chi connectivity index (χ1) is 19.4. The van der Waals surface area contributed by atoms with Gasteiger partial charge in [-0.1, -0.05) is 12.1 Å². The van der Waals surface area contributed by atoms with E-state index in [9.17, 15) is 50.4 Å². The zero-order chi connectivity index (χ0) is 29.6. The van der Waals surface area contributed by atoms with Gasteiger partial charge in [-0.25, -0.2) is 4.79 Å². The normalized spacial score (nSPS) is 35.0. The molecular weight excluding hydrogens is 552 g/mol. The van der Waals surface area contributed by atoms with Crippen LogP contribution in [0.5, 0.6) is 23.0 Å². The molecule has 2 saturated heterocycles. The van der Waals surface area contributed by atoms with Crippen LogP contribution in [0.3, 0.4) is 0 Å². The number of carbonyl (C=O) groups excluding carboxylic acids is 1. The van der Waals surface area contributed by atoms with E-state index in [0.717, 1.165) is 6.07 Å². The van der Waals surface area contributed by atoms with E-state index >= 15 is 0 Å². The summed E-state index contributed by atoms with van der Waals surface area (Å²) in [5.74, 6) is -2.85. The fourth-order valence-electron chi connectivity index (χ4n) is 4.84. The molecule has 8 N–H and O–H groups in total. The van der Waals surface area contributed by atoms with Crippen LogP contribution in [0.2, 0.25) is 0 Å². The monoisotopic (exact) mass is 580 g/mol. The molecular formula is C26H28O15. The number of phenols is 2. The highest BCUT2D eigenvalue weighted by molar-refractivity contribution is 6.02. The molecule has 15 nitrogen and oxygen atoms in total. The number of ketones is 1. The van der Waals surface area contributed by atoms with Crippen molar-refractivity contribution < 1.29 is 74.1 Å². The van der Waals surface area contributed by atoms with Gasteiger partial charge in [0.2, 0.25) is 6.29 Å². The number of carboxylic acids is 1. The summed E-state index contributed by atoms with van der Waals surface area (Å²) in [5.41, 5.74) is -1.63. The fraction of sp³-hybridized carbons (Fsp3) is 0.462. The summed E-state index contributed by atoms with van der Waals surface area (Å²) in [4.78, 5) is 24.7. The highest BCUT2D eigenvalue weighted by atomic mass is 16.7. The zero-order valence-electron chi connectivity index (χ0n) is 21.1. The molecule has 0 aliphatic carbocycles. The molecule has 0 bridgehead atoms. The van der Waals surface area contributed by atoms with Gasteiger partial charge in [0, 0.05) is 12.1 Å². The molecule has 0 saturated carbocycles. The summed E-state index contributed by atoms with van der Waals surface area (Å²) >= 11 is 0. The summed E-state index contributed by atoms with van der Waals surface area (Å²) < 4.78 is 27.3. The number of rotatable bonds is 7. The van der Waals surface area contributed by atoms with Gasteiger partial charge in [-0.05, 0) is 17.7 Å². The Labute approximate surface area is 231 Å². The second-order valence-corrected chi connectivity index (χ2v) is 9.99. The Bertz CT molecular complexity index is 1300. The van der Waals surface area contributed by atoms with E-state index in [2.05, 4.69) is 0 Å². The van der Waals surface area contributed by atoms with Crippen LogP contribution in [0.1, 0.15) is 28.4 Å². The summed E-state index contributed by atoms with van der Waals surface area (Å²) in [6.45, 7) is -1.44. The molecule has 3 heterocycles. The molecule has 9 atom stereocenters. The summed E-state index contributed by atoms with van der Waals surface area (Å²) in [6.07, 6.45) is -13.9. The molecule has 0 unspecified atom stereocenters. The van der Waals surface area contributed by atoms with E-state index in [0.29, 0.717) is 5.56 Å². The minimum atomic E-state index is -2.09. The van der Waals surface area contributed by atoms with Crippen LogP contribution in [0.15, 0.2) is 36.4 Å². The highest BCUT2D eigenvalue weighted by Crippen LogP contribution is 2.43. The van der Waals surface area contributed by atoms with Crippen molar-refractivity contribution in [3.05, 3.63) is 47.5 Å².